The smallest absolute Gasteiger partial charge is 0.332 e. The molecule has 1 unspecified atom stereocenters. The molecular weight excluding hydrogens is 429 g/mol. The first-order valence-corrected chi connectivity index (χ1v) is 10.6. The maximum absolute atomic E-state index is 14.9. The van der Waals surface area contributed by atoms with Crippen molar-refractivity contribution < 1.29 is 34.8 Å². The summed E-state index contributed by atoms with van der Waals surface area (Å²) in [5.41, 5.74) is -5.69. The first kappa shape index (κ1) is 26.3. The van der Waals surface area contributed by atoms with Crippen molar-refractivity contribution in [2.75, 3.05) is 6.61 Å². The predicted molar refractivity (Wildman–Crippen MR) is 111 cm³/mol. The molecule has 0 bridgehead atoms. The van der Waals surface area contributed by atoms with E-state index >= 15 is 0 Å². The Kier molecular flexibility index (Phi) is 8.88. The van der Waals surface area contributed by atoms with Gasteiger partial charge >= 0.3 is 11.6 Å². The van der Waals surface area contributed by atoms with Crippen LogP contribution in [0.5, 0.6) is 0 Å². The standard InChI is InChI=1S/C20H32FN3O8/c1-3-5-6-7-8-9-10-15(21)24(31)19(29)16(26)14(12-25)32-20(19,30)23-11-13(4-2)17(27)22-18(23)28/h4,11,14-16,25-26,29-31H,2-3,5-10,12H2,1H3,(H,22,27,28)/t14-,15?,16-,19-,20+/m1/s1. The van der Waals surface area contributed by atoms with E-state index in [0.717, 1.165) is 38.0 Å². The van der Waals surface area contributed by atoms with Crippen molar-refractivity contribution in [1.82, 2.24) is 14.6 Å². The van der Waals surface area contributed by atoms with Gasteiger partial charge in [0.2, 0.25) is 5.72 Å². The molecule has 32 heavy (non-hydrogen) atoms. The third-order valence-corrected chi connectivity index (χ3v) is 5.67. The van der Waals surface area contributed by atoms with Gasteiger partial charge in [-0.15, -0.1) is 5.06 Å². The molecule has 0 radical (unpaired) electrons. The maximum atomic E-state index is 14.9. The summed E-state index contributed by atoms with van der Waals surface area (Å²) < 4.78 is 20.3. The molecule has 12 heteroatoms. The quantitative estimate of drug-likeness (QED) is 0.108. The van der Waals surface area contributed by atoms with Gasteiger partial charge in [0.1, 0.15) is 12.2 Å². The Morgan fingerprint density at radius 3 is 2.53 bits per heavy atom. The highest BCUT2D eigenvalue weighted by molar-refractivity contribution is 5.43. The molecule has 0 saturated carbocycles. The molecule has 11 nitrogen and oxygen atoms in total. The third-order valence-electron chi connectivity index (χ3n) is 5.67. The minimum Gasteiger partial charge on any atom is -0.394 e. The van der Waals surface area contributed by atoms with E-state index in [9.17, 15) is 39.6 Å². The summed E-state index contributed by atoms with van der Waals surface area (Å²) in [7, 11) is 0. The summed E-state index contributed by atoms with van der Waals surface area (Å²) in [4.78, 5) is 26.0. The number of aromatic nitrogens is 2. The number of nitrogens with one attached hydrogen (secondary N) is 1. The molecule has 0 aliphatic carbocycles. The molecule has 1 saturated heterocycles. The molecule has 2 heterocycles. The topological polar surface area (TPSA) is 168 Å². The predicted octanol–water partition coefficient (Wildman–Crippen LogP) is -0.0398. The Bertz CT molecular complexity index is 892. The highest BCUT2D eigenvalue weighted by Gasteiger charge is 2.71. The van der Waals surface area contributed by atoms with E-state index in [1.165, 1.54) is 0 Å². The zero-order valence-corrected chi connectivity index (χ0v) is 18.0. The average Bonchev–Trinajstić information content (AvgIpc) is 2.97. The van der Waals surface area contributed by atoms with Gasteiger partial charge in [-0.1, -0.05) is 51.7 Å². The van der Waals surface area contributed by atoms with E-state index < -0.39 is 48.0 Å². The fraction of sp³-hybridized carbons (Fsp3) is 0.700. The molecule has 6 N–H and O–H groups in total. The number of hydrogen-bond acceptors (Lipinski definition) is 9. The van der Waals surface area contributed by atoms with Crippen molar-refractivity contribution in [3.8, 4) is 0 Å². The van der Waals surface area contributed by atoms with Crippen molar-refractivity contribution in [3.05, 3.63) is 39.2 Å². The number of unbranched alkanes of at least 4 members (excludes halogenated alkanes) is 5. The van der Waals surface area contributed by atoms with Crippen LogP contribution >= 0.6 is 0 Å². The van der Waals surface area contributed by atoms with Gasteiger partial charge in [0, 0.05) is 6.20 Å². The second kappa shape index (κ2) is 10.8. The first-order chi connectivity index (χ1) is 15.1. The molecule has 1 aromatic heterocycles. The lowest BCUT2D eigenvalue weighted by Crippen LogP contribution is -2.69. The molecule has 1 aromatic rings. The number of halogens is 1. The van der Waals surface area contributed by atoms with E-state index in [1.807, 2.05) is 4.98 Å². The van der Waals surface area contributed by atoms with Crippen molar-refractivity contribution >= 4 is 6.08 Å². The summed E-state index contributed by atoms with van der Waals surface area (Å²) in [5.74, 6) is -3.28. The average molecular weight is 461 g/mol. The fourth-order valence-electron chi connectivity index (χ4n) is 3.76. The van der Waals surface area contributed by atoms with E-state index in [0.29, 0.717) is 12.8 Å². The van der Waals surface area contributed by atoms with Crippen LogP contribution < -0.4 is 11.2 Å². The van der Waals surface area contributed by atoms with Crippen LogP contribution in [0, 0.1) is 0 Å². The van der Waals surface area contributed by atoms with E-state index in [4.69, 9.17) is 4.74 Å². The van der Waals surface area contributed by atoms with Crippen molar-refractivity contribution in [1.29, 1.82) is 0 Å². The number of alkyl halides is 1. The van der Waals surface area contributed by atoms with Gasteiger partial charge in [-0.05, 0) is 12.8 Å². The van der Waals surface area contributed by atoms with Crippen molar-refractivity contribution in [3.63, 3.8) is 0 Å². The Labute approximate surface area is 184 Å². The molecule has 0 aromatic carbocycles. The van der Waals surface area contributed by atoms with Crippen molar-refractivity contribution in [2.45, 2.75) is 82.0 Å². The van der Waals surface area contributed by atoms with E-state index in [1.54, 1.807) is 0 Å². The molecule has 1 aliphatic rings. The number of aromatic amines is 1. The van der Waals surface area contributed by atoms with Gasteiger partial charge in [0.15, 0.2) is 6.30 Å². The fourth-order valence-corrected chi connectivity index (χ4v) is 3.76. The highest BCUT2D eigenvalue weighted by atomic mass is 19.1. The minimum atomic E-state index is -3.32. The van der Waals surface area contributed by atoms with Gasteiger partial charge in [0.05, 0.1) is 12.2 Å². The van der Waals surface area contributed by atoms with Gasteiger partial charge < -0.3 is 30.4 Å². The molecule has 5 atom stereocenters. The van der Waals surface area contributed by atoms with Gasteiger partial charge in [0.25, 0.3) is 5.56 Å². The lowest BCUT2D eigenvalue weighted by Gasteiger charge is -2.43. The zero-order chi connectivity index (χ0) is 24.1. The highest BCUT2D eigenvalue weighted by Crippen LogP contribution is 2.44. The van der Waals surface area contributed by atoms with Crippen LogP contribution in [0.2, 0.25) is 0 Å². The number of rotatable bonds is 12. The molecule has 182 valence electrons. The van der Waals surface area contributed by atoms with Crippen LogP contribution in [0.4, 0.5) is 4.39 Å². The summed E-state index contributed by atoms with van der Waals surface area (Å²) in [6.07, 6.45) is 0.284. The molecular formula is C20H32FN3O8. The number of ether oxygens (including phenoxy) is 1. The molecule has 2 rings (SSSR count). The number of H-pyrrole nitrogens is 1. The second-order valence-electron chi connectivity index (χ2n) is 7.87. The lowest BCUT2D eigenvalue weighted by molar-refractivity contribution is -0.428. The Hall–Kier alpha value is -1.93. The largest absolute Gasteiger partial charge is 0.394 e. The number of nitrogens with zero attached hydrogens (tertiary/aromatic N) is 2. The molecule has 0 spiro atoms. The SMILES string of the molecule is C=Cc1cn([C@@]2(O)O[C@H](CO)[C@@H](O)[C@]2(O)N(O)C(F)CCCCCCCC)c(=O)[nH]c1=O. The van der Waals surface area contributed by atoms with E-state index in [2.05, 4.69) is 13.5 Å². The molecule has 0 amide bonds. The first-order valence-electron chi connectivity index (χ1n) is 10.6. The monoisotopic (exact) mass is 461 g/mol. The number of hydroxylamine groups is 2. The normalized spacial score (nSPS) is 28.9. The summed E-state index contributed by atoms with van der Waals surface area (Å²) in [6.45, 7) is 4.50. The minimum absolute atomic E-state index is 0.223. The Morgan fingerprint density at radius 2 is 1.94 bits per heavy atom. The summed E-state index contributed by atoms with van der Waals surface area (Å²) >= 11 is 0. The van der Waals surface area contributed by atoms with Crippen LogP contribution in [-0.2, 0) is 10.6 Å². The lowest BCUT2D eigenvalue weighted by atomic mass is 9.99. The van der Waals surface area contributed by atoms with Gasteiger partial charge in [-0.2, -0.15) is 0 Å². The second-order valence-corrected chi connectivity index (χ2v) is 7.87. The van der Waals surface area contributed by atoms with Crippen molar-refractivity contribution in [2.24, 2.45) is 0 Å². The molecule has 1 aliphatic heterocycles. The van der Waals surface area contributed by atoms with Crippen LogP contribution in [0.25, 0.3) is 6.08 Å². The Morgan fingerprint density at radius 1 is 1.31 bits per heavy atom. The third kappa shape index (κ3) is 4.71. The summed E-state index contributed by atoms with van der Waals surface area (Å²) in [5, 5.41) is 52.4. The molecule has 1 fully saturated rings. The number of aliphatic hydroxyl groups excluding tert-OH is 2. The number of aliphatic hydroxyl groups is 4. The van der Waals surface area contributed by atoms with Gasteiger partial charge in [-0.25, -0.2) is 13.8 Å². The number of hydrogen-bond donors (Lipinski definition) is 6. The van der Waals surface area contributed by atoms with Crippen LogP contribution in [0.3, 0.4) is 0 Å². The van der Waals surface area contributed by atoms with Crippen LogP contribution in [0.15, 0.2) is 22.4 Å². The van der Waals surface area contributed by atoms with Crippen LogP contribution in [0.1, 0.15) is 57.4 Å². The zero-order valence-electron chi connectivity index (χ0n) is 18.0. The maximum Gasteiger partial charge on any atom is 0.332 e. The Balaban J connectivity index is 2.37. The summed E-state index contributed by atoms with van der Waals surface area (Å²) in [6, 6.07) is 0. The van der Waals surface area contributed by atoms with Gasteiger partial charge in [-0.3, -0.25) is 9.78 Å². The van der Waals surface area contributed by atoms with E-state index in [-0.39, 0.29) is 21.6 Å². The van der Waals surface area contributed by atoms with Crippen LogP contribution in [-0.4, -0.2) is 71.1 Å².